The average Bonchev–Trinajstić information content (AvgIpc) is 3.41. The van der Waals surface area contributed by atoms with Crippen molar-refractivity contribution in [3.05, 3.63) is 60.2 Å². The van der Waals surface area contributed by atoms with E-state index in [9.17, 15) is 13.2 Å². The third-order valence-corrected chi connectivity index (χ3v) is 5.73. The number of hydrogen-bond acceptors (Lipinski definition) is 3. The van der Waals surface area contributed by atoms with E-state index in [0.717, 1.165) is 29.1 Å². The fraction of sp³-hybridized carbons (Fsp3) is 0.278. The van der Waals surface area contributed by atoms with Crippen LogP contribution in [0.2, 0.25) is 0 Å². The van der Waals surface area contributed by atoms with Crippen LogP contribution in [0, 0.1) is 5.92 Å². The van der Waals surface area contributed by atoms with Crippen LogP contribution in [-0.4, -0.2) is 14.3 Å². The molecule has 1 aliphatic rings. The highest BCUT2D eigenvalue weighted by Gasteiger charge is 2.40. The van der Waals surface area contributed by atoms with E-state index >= 15 is 0 Å². The van der Waals surface area contributed by atoms with Gasteiger partial charge in [-0.1, -0.05) is 37.3 Å². The molecule has 0 N–H and O–H groups in total. The van der Waals surface area contributed by atoms with Gasteiger partial charge in [-0.25, -0.2) is 12.7 Å². The van der Waals surface area contributed by atoms with Gasteiger partial charge in [-0.15, -0.1) is 0 Å². The number of anilines is 1. The van der Waals surface area contributed by atoms with E-state index in [1.807, 2.05) is 19.1 Å². The zero-order valence-electron chi connectivity index (χ0n) is 13.0. The van der Waals surface area contributed by atoms with Crippen LogP contribution < -0.4 is 4.31 Å². The molecule has 1 saturated carbocycles. The summed E-state index contributed by atoms with van der Waals surface area (Å²) in [6.45, 7) is 2.03. The van der Waals surface area contributed by atoms with Gasteiger partial charge in [0, 0.05) is 5.92 Å². The monoisotopic (exact) mass is 329 g/mol. The molecule has 2 aromatic rings. The van der Waals surface area contributed by atoms with Gasteiger partial charge >= 0.3 is 0 Å². The predicted octanol–water partition coefficient (Wildman–Crippen LogP) is 3.38. The molecular weight excluding hydrogens is 310 g/mol. The standard InChI is InChI=1S/C18H19NO3S/c1-2-14-8-12-16(13-9-14)19(18(20)15-10-11-15)23(21,22)17-6-4-3-5-7-17/h3-9,12-13,15H,2,10-11H2,1H3. The lowest BCUT2D eigenvalue weighted by Gasteiger charge is -2.23. The molecule has 0 saturated heterocycles. The molecule has 23 heavy (non-hydrogen) atoms. The smallest absolute Gasteiger partial charge is 0.270 e. The second-order valence-electron chi connectivity index (χ2n) is 5.72. The SMILES string of the molecule is CCc1ccc(N(C(=O)C2CC2)S(=O)(=O)c2ccccc2)cc1. The zero-order valence-corrected chi connectivity index (χ0v) is 13.8. The van der Waals surface area contributed by atoms with Gasteiger partial charge in [-0.05, 0) is 49.1 Å². The molecule has 1 amide bonds. The summed E-state index contributed by atoms with van der Waals surface area (Å²) in [7, 11) is -3.89. The summed E-state index contributed by atoms with van der Waals surface area (Å²) in [5, 5.41) is 0. The van der Waals surface area contributed by atoms with Gasteiger partial charge in [0.1, 0.15) is 0 Å². The molecule has 3 rings (SSSR count). The Morgan fingerprint density at radius 3 is 2.17 bits per heavy atom. The number of benzene rings is 2. The number of sulfonamides is 1. The lowest BCUT2D eigenvalue weighted by atomic mass is 10.1. The molecular formula is C18H19NO3S. The van der Waals surface area contributed by atoms with Crippen molar-refractivity contribution in [2.45, 2.75) is 31.1 Å². The lowest BCUT2D eigenvalue weighted by Crippen LogP contribution is -2.38. The van der Waals surface area contributed by atoms with Crippen molar-refractivity contribution in [2.24, 2.45) is 5.92 Å². The predicted molar refractivity (Wildman–Crippen MR) is 89.7 cm³/mol. The van der Waals surface area contributed by atoms with Gasteiger partial charge in [0.05, 0.1) is 10.6 Å². The van der Waals surface area contributed by atoms with E-state index in [0.29, 0.717) is 5.69 Å². The first-order valence-electron chi connectivity index (χ1n) is 7.77. The van der Waals surface area contributed by atoms with Crippen molar-refractivity contribution in [3.63, 3.8) is 0 Å². The Morgan fingerprint density at radius 1 is 1.04 bits per heavy atom. The van der Waals surface area contributed by atoms with Crippen molar-refractivity contribution in [3.8, 4) is 0 Å². The van der Waals surface area contributed by atoms with Crippen molar-refractivity contribution in [1.82, 2.24) is 0 Å². The third kappa shape index (κ3) is 3.15. The first-order valence-corrected chi connectivity index (χ1v) is 9.21. The normalized spacial score (nSPS) is 14.5. The first-order chi connectivity index (χ1) is 11.0. The second-order valence-corrected chi connectivity index (χ2v) is 7.50. The number of aryl methyl sites for hydroxylation is 1. The molecule has 0 unspecified atom stereocenters. The van der Waals surface area contributed by atoms with Crippen molar-refractivity contribution >= 4 is 21.6 Å². The van der Waals surface area contributed by atoms with Gasteiger partial charge in [0.2, 0.25) is 5.91 Å². The second kappa shape index (κ2) is 6.16. The van der Waals surface area contributed by atoms with Crippen LogP contribution in [-0.2, 0) is 21.2 Å². The molecule has 4 nitrogen and oxygen atoms in total. The molecule has 2 aromatic carbocycles. The van der Waals surface area contributed by atoms with Crippen LogP contribution in [0.15, 0.2) is 59.5 Å². The molecule has 1 fully saturated rings. The maximum Gasteiger partial charge on any atom is 0.270 e. The van der Waals surface area contributed by atoms with Crippen molar-refractivity contribution in [1.29, 1.82) is 0 Å². The number of rotatable bonds is 5. The Morgan fingerprint density at radius 2 is 1.65 bits per heavy atom. The highest BCUT2D eigenvalue weighted by atomic mass is 32.2. The number of carbonyl (C=O) groups is 1. The van der Waals surface area contributed by atoms with Crippen LogP contribution in [0.3, 0.4) is 0 Å². The molecule has 1 aliphatic carbocycles. The number of carbonyl (C=O) groups excluding carboxylic acids is 1. The lowest BCUT2D eigenvalue weighted by molar-refractivity contribution is -0.118. The van der Waals surface area contributed by atoms with E-state index in [2.05, 4.69) is 0 Å². The van der Waals surface area contributed by atoms with Crippen LogP contribution >= 0.6 is 0 Å². The van der Waals surface area contributed by atoms with E-state index in [1.165, 1.54) is 12.1 Å². The molecule has 0 heterocycles. The van der Waals surface area contributed by atoms with E-state index in [4.69, 9.17) is 0 Å². The minimum absolute atomic E-state index is 0.133. The van der Waals surface area contributed by atoms with Gasteiger partial charge in [0.25, 0.3) is 10.0 Å². The Hall–Kier alpha value is -2.14. The first kappa shape index (κ1) is 15.7. The third-order valence-electron chi connectivity index (χ3n) is 3.99. The van der Waals surface area contributed by atoms with Crippen LogP contribution in [0.25, 0.3) is 0 Å². The Labute approximate surface area is 136 Å². The molecule has 0 bridgehead atoms. The highest BCUT2D eigenvalue weighted by molar-refractivity contribution is 7.93. The molecule has 120 valence electrons. The van der Waals surface area contributed by atoms with Gasteiger partial charge in [-0.2, -0.15) is 0 Å². The van der Waals surface area contributed by atoms with Crippen LogP contribution in [0.1, 0.15) is 25.3 Å². The van der Waals surface area contributed by atoms with E-state index < -0.39 is 10.0 Å². The topological polar surface area (TPSA) is 54.5 Å². The fourth-order valence-electron chi connectivity index (χ4n) is 2.45. The summed E-state index contributed by atoms with van der Waals surface area (Å²) >= 11 is 0. The molecule has 0 aromatic heterocycles. The maximum absolute atomic E-state index is 13.0. The van der Waals surface area contributed by atoms with Gasteiger partial charge in [0.15, 0.2) is 0 Å². The summed E-state index contributed by atoms with van der Waals surface area (Å²) in [5.74, 6) is -0.516. The zero-order chi connectivity index (χ0) is 16.4. The molecule has 0 aliphatic heterocycles. The Bertz CT molecular complexity index is 794. The summed E-state index contributed by atoms with van der Waals surface area (Å²) in [4.78, 5) is 12.8. The minimum Gasteiger partial charge on any atom is -0.273 e. The molecule has 0 radical (unpaired) electrons. The summed E-state index contributed by atoms with van der Waals surface area (Å²) in [6, 6.07) is 15.2. The quantitative estimate of drug-likeness (QED) is 0.845. The van der Waals surface area contributed by atoms with Crippen LogP contribution in [0.4, 0.5) is 5.69 Å². The largest absolute Gasteiger partial charge is 0.273 e. The summed E-state index contributed by atoms with van der Waals surface area (Å²) < 4.78 is 26.9. The number of nitrogens with zero attached hydrogens (tertiary/aromatic N) is 1. The summed E-state index contributed by atoms with van der Waals surface area (Å²) in [5.41, 5.74) is 1.51. The van der Waals surface area contributed by atoms with E-state index in [1.54, 1.807) is 30.3 Å². The molecule has 0 spiro atoms. The van der Waals surface area contributed by atoms with Gasteiger partial charge in [-0.3, -0.25) is 4.79 Å². The minimum atomic E-state index is -3.89. The van der Waals surface area contributed by atoms with Crippen molar-refractivity contribution < 1.29 is 13.2 Å². The van der Waals surface area contributed by atoms with Crippen molar-refractivity contribution in [2.75, 3.05) is 4.31 Å². The number of amides is 1. The number of hydrogen-bond donors (Lipinski definition) is 0. The summed E-state index contributed by atoms with van der Waals surface area (Å²) in [6.07, 6.45) is 2.38. The fourth-order valence-corrected chi connectivity index (χ4v) is 3.94. The van der Waals surface area contributed by atoms with Gasteiger partial charge < -0.3 is 0 Å². The van der Waals surface area contributed by atoms with Crippen LogP contribution in [0.5, 0.6) is 0 Å². The maximum atomic E-state index is 13.0. The highest BCUT2D eigenvalue weighted by Crippen LogP contribution is 2.35. The Kier molecular flexibility index (Phi) is 4.22. The Balaban J connectivity index is 2.06. The molecule has 0 atom stereocenters. The van der Waals surface area contributed by atoms with E-state index in [-0.39, 0.29) is 16.7 Å². The average molecular weight is 329 g/mol. The molecule has 5 heteroatoms.